The summed E-state index contributed by atoms with van der Waals surface area (Å²) < 4.78 is 5.75. The van der Waals surface area contributed by atoms with Gasteiger partial charge in [0.05, 0.1) is 18.4 Å². The first-order valence-corrected chi connectivity index (χ1v) is 7.06. The summed E-state index contributed by atoms with van der Waals surface area (Å²) in [5.41, 5.74) is 2.29. The highest BCUT2D eigenvalue weighted by Gasteiger charge is 2.18. The second-order valence-corrected chi connectivity index (χ2v) is 5.61. The quantitative estimate of drug-likeness (QED) is 0.890. The zero-order valence-electron chi connectivity index (χ0n) is 10.4. The number of H-pyrrole nitrogens is 1. The Hall–Kier alpha value is -1.17. The topological polar surface area (TPSA) is 49.9 Å². The molecule has 1 saturated heterocycles. The van der Waals surface area contributed by atoms with Gasteiger partial charge in [-0.1, -0.05) is 0 Å². The van der Waals surface area contributed by atoms with Gasteiger partial charge in [0.25, 0.3) is 0 Å². The molecule has 0 radical (unpaired) electrons. The van der Waals surface area contributed by atoms with Crippen LogP contribution in [0.3, 0.4) is 0 Å². The number of morpholine rings is 1. The Morgan fingerprint density at radius 2 is 2.50 bits per heavy atom. The maximum Gasteiger partial charge on any atom is 0.125 e. The molecule has 2 N–H and O–H groups in total. The monoisotopic (exact) mass is 263 g/mol. The van der Waals surface area contributed by atoms with Gasteiger partial charge in [0, 0.05) is 42.3 Å². The summed E-state index contributed by atoms with van der Waals surface area (Å²) in [4.78, 5) is 9.04. The number of nitrogens with zero attached hydrogens (tertiary/aromatic N) is 1. The number of rotatable bonds is 3. The van der Waals surface area contributed by atoms with E-state index in [2.05, 4.69) is 28.3 Å². The fourth-order valence-electron chi connectivity index (χ4n) is 2.16. The van der Waals surface area contributed by atoms with Crippen molar-refractivity contribution in [2.75, 3.05) is 19.7 Å². The second-order valence-electron chi connectivity index (χ2n) is 4.53. The minimum Gasteiger partial charge on any atom is -0.375 e. The first-order chi connectivity index (χ1) is 8.83. The van der Waals surface area contributed by atoms with Crippen molar-refractivity contribution in [2.24, 2.45) is 0 Å². The van der Waals surface area contributed by atoms with Crippen LogP contribution in [0.2, 0.25) is 0 Å². The van der Waals surface area contributed by atoms with Crippen LogP contribution < -0.4 is 5.32 Å². The van der Waals surface area contributed by atoms with E-state index in [4.69, 9.17) is 4.74 Å². The van der Waals surface area contributed by atoms with Crippen LogP contribution in [0.5, 0.6) is 0 Å². The van der Waals surface area contributed by atoms with Gasteiger partial charge in [-0.05, 0) is 13.0 Å². The van der Waals surface area contributed by atoms with E-state index in [-0.39, 0.29) is 6.10 Å². The average Bonchev–Trinajstić information content (AvgIpc) is 3.01. The Morgan fingerprint density at radius 3 is 3.22 bits per heavy atom. The smallest absolute Gasteiger partial charge is 0.125 e. The van der Waals surface area contributed by atoms with Gasteiger partial charge in [0.1, 0.15) is 5.01 Å². The zero-order valence-corrected chi connectivity index (χ0v) is 11.2. The van der Waals surface area contributed by atoms with E-state index in [9.17, 15) is 0 Å². The highest BCUT2D eigenvalue weighted by molar-refractivity contribution is 7.15. The normalized spacial score (nSPS) is 20.2. The Kier molecular flexibility index (Phi) is 3.45. The lowest BCUT2D eigenvalue weighted by molar-refractivity contribution is 0.0296. The van der Waals surface area contributed by atoms with Gasteiger partial charge in [-0.15, -0.1) is 11.3 Å². The predicted molar refractivity (Wildman–Crippen MR) is 73.0 cm³/mol. The zero-order chi connectivity index (χ0) is 12.4. The van der Waals surface area contributed by atoms with Gasteiger partial charge in [-0.25, -0.2) is 4.98 Å². The van der Waals surface area contributed by atoms with Crippen molar-refractivity contribution in [3.63, 3.8) is 0 Å². The van der Waals surface area contributed by atoms with Crippen molar-refractivity contribution in [2.45, 2.75) is 19.4 Å². The molecule has 1 atom stereocenters. The van der Waals surface area contributed by atoms with Gasteiger partial charge in [0.2, 0.25) is 0 Å². The molecule has 1 unspecified atom stereocenters. The van der Waals surface area contributed by atoms with Crippen LogP contribution in [0.4, 0.5) is 0 Å². The highest BCUT2D eigenvalue weighted by Crippen LogP contribution is 2.28. The summed E-state index contributed by atoms with van der Waals surface area (Å²) in [7, 11) is 0. The van der Waals surface area contributed by atoms with Crippen molar-refractivity contribution < 1.29 is 4.74 Å². The van der Waals surface area contributed by atoms with Crippen LogP contribution in [0.15, 0.2) is 18.5 Å². The molecule has 0 spiro atoms. The van der Waals surface area contributed by atoms with E-state index in [1.165, 1.54) is 4.88 Å². The van der Waals surface area contributed by atoms with Gasteiger partial charge >= 0.3 is 0 Å². The van der Waals surface area contributed by atoms with Gasteiger partial charge in [0.15, 0.2) is 0 Å². The van der Waals surface area contributed by atoms with Gasteiger partial charge in [-0.3, -0.25) is 0 Å². The maximum atomic E-state index is 5.75. The molecule has 4 nitrogen and oxygen atoms in total. The summed E-state index contributed by atoms with van der Waals surface area (Å²) in [5.74, 6) is 0. The molecule has 3 heterocycles. The maximum absolute atomic E-state index is 5.75. The molecule has 0 bridgehead atoms. The van der Waals surface area contributed by atoms with E-state index >= 15 is 0 Å². The molecule has 0 amide bonds. The Morgan fingerprint density at radius 1 is 1.56 bits per heavy atom. The molecule has 0 saturated carbocycles. The van der Waals surface area contributed by atoms with Crippen molar-refractivity contribution in [3.8, 4) is 10.6 Å². The number of hydrogen-bond donors (Lipinski definition) is 2. The number of ether oxygens (including phenoxy) is 1. The third-order valence-electron chi connectivity index (χ3n) is 3.16. The molecule has 5 heteroatoms. The first kappa shape index (κ1) is 11.9. The molecule has 1 fully saturated rings. The molecule has 96 valence electrons. The second kappa shape index (κ2) is 5.22. The first-order valence-electron chi connectivity index (χ1n) is 6.25. The van der Waals surface area contributed by atoms with Crippen LogP contribution >= 0.6 is 11.3 Å². The Bertz CT molecular complexity index is 500. The van der Waals surface area contributed by atoms with E-state index < -0.39 is 0 Å². The van der Waals surface area contributed by atoms with Crippen molar-refractivity contribution >= 4 is 11.3 Å². The third kappa shape index (κ3) is 2.48. The Balaban J connectivity index is 1.76. The number of aromatic amines is 1. The summed E-state index contributed by atoms with van der Waals surface area (Å²) in [6.07, 6.45) is 5.17. The van der Waals surface area contributed by atoms with Gasteiger partial charge < -0.3 is 15.0 Å². The fourth-order valence-corrected chi connectivity index (χ4v) is 3.28. The lowest BCUT2D eigenvalue weighted by Gasteiger charge is -2.23. The van der Waals surface area contributed by atoms with Gasteiger partial charge in [-0.2, -0.15) is 0 Å². The van der Waals surface area contributed by atoms with E-state index in [1.807, 2.05) is 12.4 Å². The predicted octanol–water partition coefficient (Wildman–Crippen LogP) is 1.98. The molecule has 0 aliphatic carbocycles. The summed E-state index contributed by atoms with van der Waals surface area (Å²) >= 11 is 1.77. The Labute approximate surface area is 110 Å². The lowest BCUT2D eigenvalue weighted by Crippen LogP contribution is -2.39. The lowest BCUT2D eigenvalue weighted by atomic mass is 10.2. The molecule has 1 aliphatic heterocycles. The number of hydrogen-bond acceptors (Lipinski definition) is 4. The molecule has 2 aromatic heterocycles. The summed E-state index contributed by atoms with van der Waals surface area (Å²) in [5, 5.41) is 4.45. The third-order valence-corrected chi connectivity index (χ3v) is 4.38. The van der Waals surface area contributed by atoms with Crippen LogP contribution in [0.25, 0.3) is 10.6 Å². The fraction of sp³-hybridized carbons (Fsp3) is 0.462. The minimum absolute atomic E-state index is 0.289. The van der Waals surface area contributed by atoms with Crippen LogP contribution in [0, 0.1) is 6.92 Å². The van der Waals surface area contributed by atoms with Crippen molar-refractivity contribution in [3.05, 3.63) is 29.0 Å². The number of thiazole rings is 1. The van der Waals surface area contributed by atoms with E-state index in [1.54, 1.807) is 11.3 Å². The standard InChI is InChI=1S/C13H17N3OS/c1-9-12(6-11-8-15-4-5-17-11)18-13(16-9)10-2-3-14-7-10/h2-3,7,11,14-15H,4-6,8H2,1H3. The van der Waals surface area contributed by atoms with Crippen molar-refractivity contribution in [1.29, 1.82) is 0 Å². The molecule has 1 aliphatic rings. The molecule has 0 aromatic carbocycles. The SMILES string of the molecule is Cc1nc(-c2cc[nH]c2)sc1CC1CNCCO1. The largest absolute Gasteiger partial charge is 0.375 e. The van der Waals surface area contributed by atoms with E-state index in [0.29, 0.717) is 0 Å². The number of nitrogens with one attached hydrogen (secondary N) is 2. The number of aryl methyl sites for hydroxylation is 1. The number of aromatic nitrogens is 2. The molecular formula is C13H17N3OS. The van der Waals surface area contributed by atoms with E-state index in [0.717, 1.165) is 42.4 Å². The highest BCUT2D eigenvalue weighted by atomic mass is 32.1. The minimum atomic E-state index is 0.289. The van der Waals surface area contributed by atoms with Crippen LogP contribution in [-0.4, -0.2) is 35.8 Å². The summed E-state index contributed by atoms with van der Waals surface area (Å²) in [6, 6.07) is 2.06. The summed E-state index contributed by atoms with van der Waals surface area (Å²) in [6.45, 7) is 4.80. The molecule has 2 aromatic rings. The van der Waals surface area contributed by atoms with Crippen LogP contribution in [0.1, 0.15) is 10.6 Å². The van der Waals surface area contributed by atoms with Crippen molar-refractivity contribution in [1.82, 2.24) is 15.3 Å². The molecular weight excluding hydrogens is 246 g/mol. The average molecular weight is 263 g/mol. The van der Waals surface area contributed by atoms with Crippen LogP contribution in [-0.2, 0) is 11.2 Å². The molecule has 18 heavy (non-hydrogen) atoms. The molecule has 3 rings (SSSR count).